The van der Waals surface area contributed by atoms with Crippen molar-refractivity contribution in [2.24, 2.45) is 0 Å². The molecule has 1 rings (SSSR count). The van der Waals surface area contributed by atoms with Crippen LogP contribution in [0.4, 0.5) is 9.18 Å². The normalized spacial score (nSPS) is 10.1. The number of nitrogens with one attached hydrogen (secondary N) is 1. The van der Waals surface area contributed by atoms with E-state index in [1.165, 1.54) is 0 Å². The minimum atomic E-state index is -1.06. The molecular formula is C10H11BrFNO2. The van der Waals surface area contributed by atoms with E-state index in [1.807, 2.05) is 0 Å². The molecule has 0 fully saturated rings. The van der Waals surface area contributed by atoms with Crippen molar-refractivity contribution in [3.8, 4) is 0 Å². The summed E-state index contributed by atoms with van der Waals surface area (Å²) >= 11 is 3.09. The molecule has 2 N–H and O–H groups in total. The Kier molecular flexibility index (Phi) is 4.08. The molecule has 0 bridgehead atoms. The lowest BCUT2D eigenvalue weighted by Gasteiger charge is -2.07. The van der Waals surface area contributed by atoms with Gasteiger partial charge in [0.2, 0.25) is 0 Å². The topological polar surface area (TPSA) is 49.3 Å². The molecule has 15 heavy (non-hydrogen) atoms. The third-order valence-electron chi connectivity index (χ3n) is 2.12. The van der Waals surface area contributed by atoms with Crippen LogP contribution in [-0.4, -0.2) is 17.7 Å². The molecule has 0 unspecified atom stereocenters. The Morgan fingerprint density at radius 3 is 2.87 bits per heavy atom. The minimum Gasteiger partial charge on any atom is -0.465 e. The third-order valence-corrected chi connectivity index (χ3v) is 2.73. The SMILES string of the molecule is Cc1c(CCNC(=O)O)ccc(Br)c1F. The third kappa shape index (κ3) is 3.20. The zero-order valence-corrected chi connectivity index (χ0v) is 9.77. The van der Waals surface area contributed by atoms with Crippen molar-refractivity contribution in [2.75, 3.05) is 6.54 Å². The number of carboxylic acid groups (broad SMARTS) is 1. The lowest BCUT2D eigenvalue weighted by molar-refractivity contribution is 0.194. The van der Waals surface area contributed by atoms with Gasteiger partial charge in [-0.1, -0.05) is 6.07 Å². The quantitative estimate of drug-likeness (QED) is 0.891. The van der Waals surface area contributed by atoms with E-state index in [2.05, 4.69) is 21.2 Å². The van der Waals surface area contributed by atoms with E-state index in [9.17, 15) is 9.18 Å². The van der Waals surface area contributed by atoms with Crippen LogP contribution in [-0.2, 0) is 6.42 Å². The zero-order chi connectivity index (χ0) is 11.4. The van der Waals surface area contributed by atoms with E-state index in [1.54, 1.807) is 19.1 Å². The van der Waals surface area contributed by atoms with Gasteiger partial charge in [0.15, 0.2) is 0 Å². The van der Waals surface area contributed by atoms with Crippen LogP contribution in [0, 0.1) is 12.7 Å². The van der Waals surface area contributed by atoms with Gasteiger partial charge in [-0.25, -0.2) is 9.18 Å². The molecule has 0 aliphatic heterocycles. The fourth-order valence-electron chi connectivity index (χ4n) is 1.27. The lowest BCUT2D eigenvalue weighted by atomic mass is 10.1. The van der Waals surface area contributed by atoms with Gasteiger partial charge in [-0.15, -0.1) is 0 Å². The van der Waals surface area contributed by atoms with E-state index in [-0.39, 0.29) is 12.4 Å². The Labute approximate surface area is 95.4 Å². The average molecular weight is 276 g/mol. The standard InChI is InChI=1S/C10H11BrFNO2/c1-6-7(4-5-13-10(14)15)2-3-8(11)9(6)12/h2-3,13H,4-5H2,1H3,(H,14,15). The highest BCUT2D eigenvalue weighted by atomic mass is 79.9. The largest absolute Gasteiger partial charge is 0.465 e. The summed E-state index contributed by atoms with van der Waals surface area (Å²) in [4.78, 5) is 10.2. The van der Waals surface area contributed by atoms with Crippen molar-refractivity contribution in [1.82, 2.24) is 5.32 Å². The number of rotatable bonds is 3. The van der Waals surface area contributed by atoms with E-state index in [4.69, 9.17) is 5.11 Å². The molecule has 1 aromatic carbocycles. The van der Waals surface area contributed by atoms with Crippen molar-refractivity contribution in [2.45, 2.75) is 13.3 Å². The molecule has 1 amide bonds. The minimum absolute atomic E-state index is 0.289. The van der Waals surface area contributed by atoms with E-state index in [0.29, 0.717) is 16.5 Å². The van der Waals surface area contributed by atoms with Crippen LogP contribution >= 0.6 is 15.9 Å². The van der Waals surface area contributed by atoms with Crippen molar-refractivity contribution in [3.63, 3.8) is 0 Å². The van der Waals surface area contributed by atoms with Crippen LogP contribution < -0.4 is 5.32 Å². The second kappa shape index (κ2) is 5.11. The second-order valence-electron chi connectivity index (χ2n) is 3.13. The van der Waals surface area contributed by atoms with Gasteiger partial charge in [0.05, 0.1) is 4.47 Å². The Bertz CT molecular complexity index is 382. The van der Waals surface area contributed by atoms with E-state index in [0.717, 1.165) is 5.56 Å². The molecule has 0 radical (unpaired) electrons. The molecule has 1 aromatic rings. The maximum atomic E-state index is 13.4. The molecule has 82 valence electrons. The summed E-state index contributed by atoms with van der Waals surface area (Å²) in [7, 11) is 0. The summed E-state index contributed by atoms with van der Waals surface area (Å²) in [6.07, 6.45) is -0.576. The molecule has 0 aliphatic rings. The Hall–Kier alpha value is -1.10. The molecule has 0 atom stereocenters. The van der Waals surface area contributed by atoms with Crippen LogP contribution in [0.15, 0.2) is 16.6 Å². The van der Waals surface area contributed by atoms with Crippen molar-refractivity contribution >= 4 is 22.0 Å². The highest BCUT2D eigenvalue weighted by molar-refractivity contribution is 9.10. The van der Waals surface area contributed by atoms with Gasteiger partial charge in [0, 0.05) is 6.54 Å². The summed E-state index contributed by atoms with van der Waals surface area (Å²) in [5, 5.41) is 10.6. The monoisotopic (exact) mass is 275 g/mol. The fraction of sp³-hybridized carbons (Fsp3) is 0.300. The number of benzene rings is 1. The van der Waals surface area contributed by atoms with Crippen LogP contribution in [0.5, 0.6) is 0 Å². The number of hydrogen-bond acceptors (Lipinski definition) is 1. The van der Waals surface area contributed by atoms with Crippen LogP contribution in [0.25, 0.3) is 0 Å². The first kappa shape index (κ1) is 12.0. The van der Waals surface area contributed by atoms with E-state index >= 15 is 0 Å². The van der Waals surface area contributed by atoms with Gasteiger partial charge in [-0.3, -0.25) is 0 Å². The summed E-state index contributed by atoms with van der Waals surface area (Å²) in [5.41, 5.74) is 1.36. The van der Waals surface area contributed by atoms with Crippen molar-refractivity contribution < 1.29 is 14.3 Å². The van der Waals surface area contributed by atoms with Gasteiger partial charge in [0.25, 0.3) is 0 Å². The maximum Gasteiger partial charge on any atom is 0.404 e. The number of hydrogen-bond donors (Lipinski definition) is 2. The van der Waals surface area contributed by atoms with Crippen molar-refractivity contribution in [1.29, 1.82) is 0 Å². The van der Waals surface area contributed by atoms with Gasteiger partial charge in [-0.2, -0.15) is 0 Å². The molecule has 5 heteroatoms. The van der Waals surface area contributed by atoms with Gasteiger partial charge >= 0.3 is 6.09 Å². The maximum absolute atomic E-state index is 13.4. The Morgan fingerprint density at radius 2 is 2.27 bits per heavy atom. The molecular weight excluding hydrogens is 265 g/mol. The number of carbonyl (C=O) groups is 1. The molecule has 0 aromatic heterocycles. The number of halogens is 2. The lowest BCUT2D eigenvalue weighted by Crippen LogP contribution is -2.23. The van der Waals surface area contributed by atoms with E-state index < -0.39 is 6.09 Å². The predicted molar refractivity (Wildman–Crippen MR) is 58.6 cm³/mol. The van der Waals surface area contributed by atoms with Crippen LogP contribution in [0.1, 0.15) is 11.1 Å². The molecule has 0 saturated heterocycles. The molecule has 0 saturated carbocycles. The summed E-state index contributed by atoms with van der Waals surface area (Å²) in [6, 6.07) is 3.41. The van der Waals surface area contributed by atoms with Crippen molar-refractivity contribution in [3.05, 3.63) is 33.5 Å². The first-order chi connectivity index (χ1) is 7.02. The Balaban J connectivity index is 2.70. The molecule has 3 nitrogen and oxygen atoms in total. The average Bonchev–Trinajstić information content (AvgIpc) is 2.18. The van der Waals surface area contributed by atoms with Gasteiger partial charge in [0.1, 0.15) is 5.82 Å². The van der Waals surface area contributed by atoms with Crippen LogP contribution in [0.2, 0.25) is 0 Å². The zero-order valence-electron chi connectivity index (χ0n) is 8.18. The highest BCUT2D eigenvalue weighted by Gasteiger charge is 2.07. The molecule has 0 aliphatic carbocycles. The summed E-state index contributed by atoms with van der Waals surface area (Å²) < 4.78 is 13.8. The number of amides is 1. The fourth-order valence-corrected chi connectivity index (χ4v) is 1.70. The molecule has 0 heterocycles. The second-order valence-corrected chi connectivity index (χ2v) is 3.98. The van der Waals surface area contributed by atoms with Gasteiger partial charge in [-0.05, 0) is 46.5 Å². The summed E-state index contributed by atoms with van der Waals surface area (Å²) in [5.74, 6) is -0.289. The highest BCUT2D eigenvalue weighted by Crippen LogP contribution is 2.21. The van der Waals surface area contributed by atoms with Gasteiger partial charge < -0.3 is 10.4 Å². The first-order valence-corrected chi connectivity index (χ1v) is 5.22. The summed E-state index contributed by atoms with van der Waals surface area (Å²) in [6.45, 7) is 1.97. The first-order valence-electron chi connectivity index (χ1n) is 4.42. The van der Waals surface area contributed by atoms with Crippen LogP contribution in [0.3, 0.4) is 0 Å². The predicted octanol–water partition coefficient (Wildman–Crippen LogP) is 2.71. The molecule has 0 spiro atoms. The Morgan fingerprint density at radius 1 is 1.60 bits per heavy atom. The smallest absolute Gasteiger partial charge is 0.404 e.